The predicted octanol–water partition coefficient (Wildman–Crippen LogP) is 1.78. The minimum atomic E-state index is -0.386. The number of rotatable bonds is 2. The molecule has 1 fully saturated rings. The highest BCUT2D eigenvalue weighted by molar-refractivity contribution is 5.47. The van der Waals surface area contributed by atoms with E-state index in [0.717, 1.165) is 0 Å². The molecule has 4 heteroatoms. The van der Waals surface area contributed by atoms with E-state index in [1.54, 1.807) is 0 Å². The number of methoxy groups -OCH3 is 1. The van der Waals surface area contributed by atoms with Gasteiger partial charge < -0.3 is 9.47 Å². The van der Waals surface area contributed by atoms with Gasteiger partial charge in [-0.25, -0.2) is 4.39 Å². The molecule has 72 valence electrons. The van der Waals surface area contributed by atoms with Crippen molar-refractivity contribution in [2.45, 2.75) is 6.10 Å². The molecule has 1 saturated heterocycles. The van der Waals surface area contributed by atoms with Crippen LogP contribution < -0.4 is 4.74 Å². The van der Waals surface area contributed by atoms with Gasteiger partial charge in [0.25, 0.3) is 0 Å². The maximum atomic E-state index is 13.4. The van der Waals surface area contributed by atoms with Gasteiger partial charge in [0.1, 0.15) is 23.7 Å². The van der Waals surface area contributed by atoms with Crippen LogP contribution >= 0.6 is 0 Å². The standard InChI is InChI=1S/C10H8FNO2/c1-13-9-3-8(11)7(10-5-14-10)2-6(9)4-12/h2-3,10H,5H2,1H3. The number of halogens is 1. The Bertz CT molecular complexity index is 407. The SMILES string of the molecule is COc1cc(F)c(C2CO2)cc1C#N. The highest BCUT2D eigenvalue weighted by Crippen LogP contribution is 2.34. The second-order valence-corrected chi connectivity index (χ2v) is 3.01. The Morgan fingerprint density at radius 2 is 2.36 bits per heavy atom. The van der Waals surface area contributed by atoms with Crippen molar-refractivity contribution in [3.63, 3.8) is 0 Å². The molecule has 1 aromatic rings. The summed E-state index contributed by atoms with van der Waals surface area (Å²) in [4.78, 5) is 0. The number of hydrogen-bond acceptors (Lipinski definition) is 3. The van der Waals surface area contributed by atoms with Gasteiger partial charge in [0.2, 0.25) is 0 Å². The fourth-order valence-electron chi connectivity index (χ4n) is 1.30. The lowest BCUT2D eigenvalue weighted by atomic mass is 10.1. The number of ether oxygens (including phenoxy) is 2. The first-order valence-electron chi connectivity index (χ1n) is 4.15. The normalized spacial score (nSPS) is 18.8. The van der Waals surface area contributed by atoms with Crippen LogP contribution in [0.3, 0.4) is 0 Å². The molecular weight excluding hydrogens is 185 g/mol. The Kier molecular flexibility index (Phi) is 2.10. The predicted molar refractivity (Wildman–Crippen MR) is 46.4 cm³/mol. The van der Waals surface area contributed by atoms with Gasteiger partial charge in [-0.15, -0.1) is 0 Å². The molecule has 0 radical (unpaired) electrons. The van der Waals surface area contributed by atoms with E-state index in [9.17, 15) is 4.39 Å². The van der Waals surface area contributed by atoms with Gasteiger partial charge in [-0.05, 0) is 6.07 Å². The molecule has 3 nitrogen and oxygen atoms in total. The van der Waals surface area contributed by atoms with Crippen LogP contribution in [0.15, 0.2) is 12.1 Å². The molecular formula is C10H8FNO2. The van der Waals surface area contributed by atoms with Crippen molar-refractivity contribution in [3.05, 3.63) is 29.1 Å². The van der Waals surface area contributed by atoms with Crippen LogP contribution in [0, 0.1) is 17.1 Å². The van der Waals surface area contributed by atoms with Crippen molar-refractivity contribution in [1.29, 1.82) is 5.26 Å². The molecule has 2 rings (SSSR count). The largest absolute Gasteiger partial charge is 0.495 e. The van der Waals surface area contributed by atoms with Gasteiger partial charge in [-0.1, -0.05) is 0 Å². The van der Waals surface area contributed by atoms with Gasteiger partial charge in [0.05, 0.1) is 19.3 Å². The molecule has 0 aliphatic carbocycles. The molecule has 14 heavy (non-hydrogen) atoms. The van der Waals surface area contributed by atoms with Gasteiger partial charge in [0.15, 0.2) is 0 Å². The maximum Gasteiger partial charge on any atom is 0.139 e. The Balaban J connectivity index is 2.49. The van der Waals surface area contributed by atoms with E-state index in [0.29, 0.717) is 17.7 Å². The summed E-state index contributed by atoms with van der Waals surface area (Å²) in [7, 11) is 1.41. The molecule has 1 aliphatic heterocycles. The number of nitriles is 1. The van der Waals surface area contributed by atoms with E-state index >= 15 is 0 Å². The molecule has 1 aromatic carbocycles. The van der Waals surface area contributed by atoms with Crippen LogP contribution in [0.25, 0.3) is 0 Å². The first-order valence-corrected chi connectivity index (χ1v) is 4.15. The quantitative estimate of drug-likeness (QED) is 0.672. The molecule has 0 spiro atoms. The maximum absolute atomic E-state index is 13.4. The third-order valence-corrected chi connectivity index (χ3v) is 2.12. The fourth-order valence-corrected chi connectivity index (χ4v) is 1.30. The van der Waals surface area contributed by atoms with Crippen LogP contribution in [0.5, 0.6) is 5.75 Å². The topological polar surface area (TPSA) is 45.5 Å². The van der Waals surface area contributed by atoms with E-state index in [1.165, 1.54) is 19.2 Å². The molecule has 0 amide bonds. The number of epoxide rings is 1. The van der Waals surface area contributed by atoms with Crippen molar-refractivity contribution in [2.75, 3.05) is 13.7 Å². The molecule has 1 atom stereocenters. The summed E-state index contributed by atoms with van der Waals surface area (Å²) in [6.07, 6.45) is -0.187. The minimum Gasteiger partial charge on any atom is -0.495 e. The Hall–Kier alpha value is -1.60. The molecule has 1 aliphatic rings. The van der Waals surface area contributed by atoms with E-state index in [4.69, 9.17) is 14.7 Å². The lowest BCUT2D eigenvalue weighted by molar-refractivity contribution is 0.398. The van der Waals surface area contributed by atoms with Gasteiger partial charge in [-0.3, -0.25) is 0 Å². The van der Waals surface area contributed by atoms with Crippen LogP contribution in [-0.4, -0.2) is 13.7 Å². The summed E-state index contributed by atoms with van der Waals surface area (Å²) < 4.78 is 23.2. The Morgan fingerprint density at radius 1 is 1.64 bits per heavy atom. The summed E-state index contributed by atoms with van der Waals surface area (Å²) >= 11 is 0. The van der Waals surface area contributed by atoms with Crippen LogP contribution in [-0.2, 0) is 4.74 Å². The van der Waals surface area contributed by atoms with E-state index in [2.05, 4.69) is 0 Å². The second kappa shape index (κ2) is 3.28. The molecule has 0 aromatic heterocycles. The Labute approximate surface area is 80.7 Å². The lowest BCUT2D eigenvalue weighted by Crippen LogP contribution is -1.94. The van der Waals surface area contributed by atoms with Crippen molar-refractivity contribution < 1.29 is 13.9 Å². The zero-order valence-electron chi connectivity index (χ0n) is 7.58. The highest BCUT2D eigenvalue weighted by atomic mass is 19.1. The summed E-state index contributed by atoms with van der Waals surface area (Å²) in [5.74, 6) is -0.127. The van der Waals surface area contributed by atoms with Gasteiger partial charge >= 0.3 is 0 Å². The third kappa shape index (κ3) is 1.42. The second-order valence-electron chi connectivity index (χ2n) is 3.01. The van der Waals surface area contributed by atoms with E-state index in [1.807, 2.05) is 6.07 Å². The number of benzene rings is 1. The highest BCUT2D eigenvalue weighted by Gasteiger charge is 2.29. The molecule has 0 N–H and O–H groups in total. The van der Waals surface area contributed by atoms with Gasteiger partial charge in [0, 0.05) is 11.6 Å². The monoisotopic (exact) mass is 193 g/mol. The van der Waals surface area contributed by atoms with Crippen molar-refractivity contribution in [3.8, 4) is 11.8 Å². The average Bonchev–Trinajstić information content (AvgIpc) is 3.01. The minimum absolute atomic E-state index is 0.187. The zero-order chi connectivity index (χ0) is 10.1. The van der Waals surface area contributed by atoms with Crippen LogP contribution in [0.4, 0.5) is 4.39 Å². The van der Waals surface area contributed by atoms with Crippen molar-refractivity contribution in [1.82, 2.24) is 0 Å². The molecule has 0 bridgehead atoms. The van der Waals surface area contributed by atoms with Crippen LogP contribution in [0.2, 0.25) is 0 Å². The summed E-state index contributed by atoms with van der Waals surface area (Å²) in [6, 6.07) is 4.65. The first kappa shape index (κ1) is 8.97. The van der Waals surface area contributed by atoms with E-state index in [-0.39, 0.29) is 17.7 Å². The van der Waals surface area contributed by atoms with Crippen molar-refractivity contribution >= 4 is 0 Å². The third-order valence-electron chi connectivity index (χ3n) is 2.12. The van der Waals surface area contributed by atoms with Gasteiger partial charge in [-0.2, -0.15) is 5.26 Å². The number of nitrogens with zero attached hydrogens (tertiary/aromatic N) is 1. The fraction of sp³-hybridized carbons (Fsp3) is 0.300. The lowest BCUT2D eigenvalue weighted by Gasteiger charge is -2.05. The van der Waals surface area contributed by atoms with Crippen molar-refractivity contribution in [2.24, 2.45) is 0 Å². The first-order chi connectivity index (χ1) is 6.76. The molecule has 0 saturated carbocycles. The summed E-state index contributed by atoms with van der Waals surface area (Å²) in [5.41, 5.74) is 0.766. The molecule has 1 heterocycles. The number of hydrogen-bond donors (Lipinski definition) is 0. The average molecular weight is 193 g/mol. The Morgan fingerprint density at radius 3 is 2.86 bits per heavy atom. The van der Waals surface area contributed by atoms with E-state index < -0.39 is 0 Å². The zero-order valence-corrected chi connectivity index (χ0v) is 7.58. The smallest absolute Gasteiger partial charge is 0.139 e. The molecule has 1 unspecified atom stereocenters. The summed E-state index contributed by atoms with van der Waals surface area (Å²) in [6.45, 7) is 0.522. The summed E-state index contributed by atoms with van der Waals surface area (Å²) in [5, 5.41) is 8.77. The van der Waals surface area contributed by atoms with Crippen LogP contribution in [0.1, 0.15) is 17.2 Å².